The summed E-state index contributed by atoms with van der Waals surface area (Å²) in [5.74, 6) is 0.786. The van der Waals surface area contributed by atoms with Crippen LogP contribution < -0.4 is 4.74 Å². The molecule has 0 radical (unpaired) electrons. The molecule has 70 valence electrons. The van der Waals surface area contributed by atoms with Crippen molar-refractivity contribution in [2.45, 2.75) is 6.29 Å². The van der Waals surface area contributed by atoms with Gasteiger partial charge in [-0.1, -0.05) is 0 Å². The lowest BCUT2D eigenvalue weighted by Crippen LogP contribution is -2.18. The topological polar surface area (TPSA) is 40.6 Å². The molecule has 0 bridgehead atoms. The lowest BCUT2D eigenvalue weighted by atomic mass is 10.4. The SMILES string of the molecule is c1cc(OCC2OCCO2)ccn1. The van der Waals surface area contributed by atoms with Gasteiger partial charge < -0.3 is 14.2 Å². The Morgan fingerprint density at radius 1 is 1.31 bits per heavy atom. The quantitative estimate of drug-likeness (QED) is 0.692. The summed E-state index contributed by atoms with van der Waals surface area (Å²) in [6, 6.07) is 3.60. The van der Waals surface area contributed by atoms with Crippen molar-refractivity contribution in [2.24, 2.45) is 0 Å². The molecular formula is C9H11NO3. The molecule has 1 fully saturated rings. The van der Waals surface area contributed by atoms with Gasteiger partial charge in [-0.05, 0) is 12.1 Å². The van der Waals surface area contributed by atoms with E-state index >= 15 is 0 Å². The molecule has 0 spiro atoms. The fourth-order valence-electron chi connectivity index (χ4n) is 1.10. The highest BCUT2D eigenvalue weighted by Crippen LogP contribution is 2.10. The Hall–Kier alpha value is -1.13. The molecule has 4 heteroatoms. The normalized spacial score (nSPS) is 17.5. The fraction of sp³-hybridized carbons (Fsp3) is 0.444. The third-order valence-corrected chi connectivity index (χ3v) is 1.73. The van der Waals surface area contributed by atoms with E-state index in [4.69, 9.17) is 14.2 Å². The first-order chi connectivity index (χ1) is 6.45. The third-order valence-electron chi connectivity index (χ3n) is 1.73. The lowest BCUT2D eigenvalue weighted by Gasteiger charge is -2.10. The number of ether oxygens (including phenoxy) is 3. The van der Waals surface area contributed by atoms with Gasteiger partial charge in [0.05, 0.1) is 13.2 Å². The molecule has 1 aliphatic heterocycles. The number of hydrogen-bond acceptors (Lipinski definition) is 4. The van der Waals surface area contributed by atoms with E-state index in [1.807, 2.05) is 0 Å². The average Bonchev–Trinajstić information content (AvgIpc) is 2.69. The summed E-state index contributed by atoms with van der Waals surface area (Å²) in [6.07, 6.45) is 3.16. The summed E-state index contributed by atoms with van der Waals surface area (Å²) < 4.78 is 15.8. The van der Waals surface area contributed by atoms with Gasteiger partial charge in [-0.3, -0.25) is 4.98 Å². The fourth-order valence-corrected chi connectivity index (χ4v) is 1.10. The number of rotatable bonds is 3. The molecule has 1 aliphatic rings. The predicted molar refractivity (Wildman–Crippen MR) is 45.4 cm³/mol. The first-order valence-corrected chi connectivity index (χ1v) is 4.21. The maximum absolute atomic E-state index is 5.40. The molecule has 0 N–H and O–H groups in total. The summed E-state index contributed by atoms with van der Waals surface area (Å²) in [5.41, 5.74) is 0. The van der Waals surface area contributed by atoms with Crippen molar-refractivity contribution in [1.29, 1.82) is 0 Å². The molecule has 2 heterocycles. The highest BCUT2D eigenvalue weighted by atomic mass is 16.7. The molecule has 0 saturated carbocycles. The van der Waals surface area contributed by atoms with Crippen LogP contribution in [0.25, 0.3) is 0 Å². The van der Waals surface area contributed by atoms with E-state index in [1.54, 1.807) is 24.5 Å². The third kappa shape index (κ3) is 2.40. The zero-order valence-corrected chi connectivity index (χ0v) is 7.18. The van der Waals surface area contributed by atoms with E-state index in [2.05, 4.69) is 4.98 Å². The van der Waals surface area contributed by atoms with Gasteiger partial charge in [0, 0.05) is 12.4 Å². The van der Waals surface area contributed by atoms with Gasteiger partial charge in [0.15, 0.2) is 6.29 Å². The Labute approximate surface area is 76.4 Å². The van der Waals surface area contributed by atoms with Crippen LogP contribution in [-0.4, -0.2) is 31.1 Å². The van der Waals surface area contributed by atoms with E-state index in [0.29, 0.717) is 19.8 Å². The van der Waals surface area contributed by atoms with Crippen molar-refractivity contribution in [2.75, 3.05) is 19.8 Å². The van der Waals surface area contributed by atoms with E-state index in [-0.39, 0.29) is 6.29 Å². The maximum atomic E-state index is 5.40. The monoisotopic (exact) mass is 181 g/mol. The molecule has 1 aromatic rings. The van der Waals surface area contributed by atoms with Crippen LogP contribution in [0.2, 0.25) is 0 Å². The van der Waals surface area contributed by atoms with Crippen molar-refractivity contribution in [3.05, 3.63) is 24.5 Å². The zero-order valence-electron chi connectivity index (χ0n) is 7.18. The van der Waals surface area contributed by atoms with Gasteiger partial charge in [0.1, 0.15) is 12.4 Å². The summed E-state index contributed by atoms with van der Waals surface area (Å²) in [4.78, 5) is 3.88. The van der Waals surface area contributed by atoms with Crippen LogP contribution in [0.1, 0.15) is 0 Å². The molecule has 1 aromatic heterocycles. The minimum absolute atomic E-state index is 0.215. The van der Waals surface area contributed by atoms with Gasteiger partial charge in [-0.15, -0.1) is 0 Å². The first kappa shape index (κ1) is 8.47. The van der Waals surface area contributed by atoms with Crippen LogP contribution in [0.4, 0.5) is 0 Å². The van der Waals surface area contributed by atoms with Crippen LogP contribution in [0.15, 0.2) is 24.5 Å². The molecule has 0 atom stereocenters. The van der Waals surface area contributed by atoms with Gasteiger partial charge >= 0.3 is 0 Å². The Balaban J connectivity index is 1.79. The summed E-state index contributed by atoms with van der Waals surface area (Å²) in [5, 5.41) is 0. The Morgan fingerprint density at radius 2 is 2.00 bits per heavy atom. The van der Waals surface area contributed by atoms with Crippen LogP contribution in [0.5, 0.6) is 5.75 Å². The Kier molecular flexibility index (Phi) is 2.74. The summed E-state index contributed by atoms with van der Waals surface area (Å²) >= 11 is 0. The molecule has 13 heavy (non-hydrogen) atoms. The van der Waals surface area contributed by atoms with Crippen molar-refractivity contribution in [3.63, 3.8) is 0 Å². The van der Waals surface area contributed by atoms with Gasteiger partial charge in [0.25, 0.3) is 0 Å². The second-order valence-electron chi connectivity index (χ2n) is 2.67. The minimum Gasteiger partial charge on any atom is -0.488 e. The molecule has 0 amide bonds. The molecule has 4 nitrogen and oxygen atoms in total. The van der Waals surface area contributed by atoms with E-state index < -0.39 is 0 Å². The van der Waals surface area contributed by atoms with Crippen molar-refractivity contribution in [1.82, 2.24) is 4.98 Å². The predicted octanol–water partition coefficient (Wildman–Crippen LogP) is 0.833. The Morgan fingerprint density at radius 3 is 2.69 bits per heavy atom. The maximum Gasteiger partial charge on any atom is 0.191 e. The summed E-state index contributed by atoms with van der Waals surface area (Å²) in [6.45, 7) is 1.75. The standard InChI is InChI=1S/C9H11NO3/c1-3-10-4-2-8(1)13-7-9-11-5-6-12-9/h1-4,9H,5-7H2. The van der Waals surface area contributed by atoms with Gasteiger partial charge in [-0.2, -0.15) is 0 Å². The number of nitrogens with zero attached hydrogens (tertiary/aromatic N) is 1. The molecule has 2 rings (SSSR count). The lowest BCUT2D eigenvalue weighted by molar-refractivity contribution is -0.0684. The number of hydrogen-bond donors (Lipinski definition) is 0. The van der Waals surface area contributed by atoms with Crippen molar-refractivity contribution >= 4 is 0 Å². The van der Waals surface area contributed by atoms with Crippen molar-refractivity contribution in [3.8, 4) is 5.75 Å². The van der Waals surface area contributed by atoms with E-state index in [1.165, 1.54) is 0 Å². The van der Waals surface area contributed by atoms with Crippen LogP contribution in [0, 0.1) is 0 Å². The highest BCUT2D eigenvalue weighted by molar-refractivity contribution is 5.16. The minimum atomic E-state index is -0.215. The molecule has 0 aromatic carbocycles. The zero-order chi connectivity index (χ0) is 8.93. The highest BCUT2D eigenvalue weighted by Gasteiger charge is 2.15. The second kappa shape index (κ2) is 4.20. The number of aromatic nitrogens is 1. The molecule has 1 saturated heterocycles. The first-order valence-electron chi connectivity index (χ1n) is 4.21. The van der Waals surface area contributed by atoms with Gasteiger partial charge in [-0.25, -0.2) is 0 Å². The van der Waals surface area contributed by atoms with E-state index in [0.717, 1.165) is 5.75 Å². The smallest absolute Gasteiger partial charge is 0.191 e. The molecule has 0 unspecified atom stereocenters. The summed E-state index contributed by atoms with van der Waals surface area (Å²) in [7, 11) is 0. The van der Waals surface area contributed by atoms with E-state index in [9.17, 15) is 0 Å². The van der Waals surface area contributed by atoms with Crippen LogP contribution in [-0.2, 0) is 9.47 Å². The second-order valence-corrected chi connectivity index (χ2v) is 2.67. The average molecular weight is 181 g/mol. The largest absolute Gasteiger partial charge is 0.488 e. The Bertz CT molecular complexity index is 246. The number of pyridine rings is 1. The van der Waals surface area contributed by atoms with Gasteiger partial charge in [0.2, 0.25) is 0 Å². The van der Waals surface area contributed by atoms with Crippen LogP contribution in [0.3, 0.4) is 0 Å². The molecular weight excluding hydrogens is 170 g/mol. The molecule has 0 aliphatic carbocycles. The van der Waals surface area contributed by atoms with Crippen LogP contribution >= 0.6 is 0 Å². The van der Waals surface area contributed by atoms with Crippen molar-refractivity contribution < 1.29 is 14.2 Å².